The van der Waals surface area contributed by atoms with Gasteiger partial charge in [0.15, 0.2) is 0 Å². The molecule has 1 heteroatoms. The van der Waals surface area contributed by atoms with Crippen LogP contribution in [0.2, 0.25) is 0 Å². The van der Waals surface area contributed by atoms with Gasteiger partial charge in [-0.25, -0.2) is 0 Å². The molecule has 0 amide bonds. The molecule has 0 N–H and O–H groups in total. The van der Waals surface area contributed by atoms with Gasteiger partial charge in [0.1, 0.15) is 0 Å². The van der Waals surface area contributed by atoms with Gasteiger partial charge in [-0.05, 0) is 0 Å². The van der Waals surface area contributed by atoms with Crippen LogP contribution in [0, 0.1) is 0 Å². The third-order valence-electron chi connectivity index (χ3n) is 1.32. The van der Waals surface area contributed by atoms with Gasteiger partial charge in [-0.2, -0.15) is 0 Å². The third-order valence-corrected chi connectivity index (χ3v) is 1.90. The van der Waals surface area contributed by atoms with Crippen LogP contribution >= 0.6 is 0 Å². The van der Waals surface area contributed by atoms with Crippen molar-refractivity contribution >= 4 is 21.2 Å². The summed E-state index contributed by atoms with van der Waals surface area (Å²) in [6.07, 6.45) is 1.13. The molecule has 0 atom stereocenters. The van der Waals surface area contributed by atoms with Gasteiger partial charge in [0, 0.05) is 0 Å². The molecule has 0 saturated carbocycles. The molecule has 0 bridgehead atoms. The van der Waals surface area contributed by atoms with Crippen molar-refractivity contribution in [2.45, 2.75) is 13.3 Å². The van der Waals surface area contributed by atoms with E-state index in [4.69, 9.17) is 0 Å². The molecule has 0 spiro atoms. The van der Waals surface area contributed by atoms with Crippen LogP contribution in [0.1, 0.15) is 12.5 Å². The van der Waals surface area contributed by atoms with Crippen molar-refractivity contribution in [1.82, 2.24) is 0 Å². The van der Waals surface area contributed by atoms with Gasteiger partial charge in [-0.3, -0.25) is 0 Å². The fraction of sp³-hybridized carbons (Fsp3) is 0.250. The molecule has 9 heavy (non-hydrogen) atoms. The zero-order chi connectivity index (χ0) is 6.69. The van der Waals surface area contributed by atoms with Crippen LogP contribution in [0.15, 0.2) is 24.3 Å². The van der Waals surface area contributed by atoms with E-state index in [0.717, 1.165) is 6.42 Å². The number of aryl methyl sites for hydroxylation is 1. The van der Waals surface area contributed by atoms with E-state index < -0.39 is 0 Å². The van der Waals surface area contributed by atoms with E-state index in [0.29, 0.717) is 0 Å². The molecule has 0 unspecified atom stereocenters. The van der Waals surface area contributed by atoms with Crippen molar-refractivity contribution in [2.75, 3.05) is 0 Å². The summed E-state index contributed by atoms with van der Waals surface area (Å²) in [6.45, 7) is 2.17. The predicted octanol–water partition coefficient (Wildman–Crippen LogP) is 1.04. The summed E-state index contributed by atoms with van der Waals surface area (Å²) in [5.74, 6) is 0. The summed E-state index contributed by atoms with van der Waals surface area (Å²) in [5.41, 5.74) is 1.41. The van der Waals surface area contributed by atoms with Gasteiger partial charge in [0.2, 0.25) is 0 Å². The molecule has 0 fully saturated rings. The van der Waals surface area contributed by atoms with Crippen LogP contribution in [0.3, 0.4) is 0 Å². The summed E-state index contributed by atoms with van der Waals surface area (Å²) in [6, 6.07) is 8.53. The Balaban J connectivity index is 2.94. The molecule has 0 nitrogen and oxygen atoms in total. The average Bonchev–Trinajstić information content (AvgIpc) is 1.88. The summed E-state index contributed by atoms with van der Waals surface area (Å²) < 4.78 is 1.29. The fourth-order valence-electron chi connectivity index (χ4n) is 0.776. The first-order valence-corrected chi connectivity index (χ1v) is 4.04. The van der Waals surface area contributed by atoms with Crippen LogP contribution in [-0.2, 0) is 6.42 Å². The molecular formula is C8H9As. The van der Waals surface area contributed by atoms with Crippen molar-refractivity contribution in [3.05, 3.63) is 29.8 Å². The summed E-state index contributed by atoms with van der Waals surface area (Å²) in [7, 11) is 0. The molecule has 0 aliphatic heterocycles. The Kier molecular flexibility index (Phi) is 2.36. The maximum atomic E-state index is 2.55. The number of hydrogen-bond donors (Lipinski definition) is 0. The van der Waals surface area contributed by atoms with Gasteiger partial charge < -0.3 is 0 Å². The first-order chi connectivity index (χ1) is 4.33. The van der Waals surface area contributed by atoms with Crippen molar-refractivity contribution in [3.8, 4) is 0 Å². The van der Waals surface area contributed by atoms with E-state index in [1.165, 1.54) is 9.91 Å². The minimum atomic E-state index is 1.13. The van der Waals surface area contributed by atoms with Crippen LogP contribution in [0.4, 0.5) is 0 Å². The van der Waals surface area contributed by atoms with Crippen molar-refractivity contribution in [3.63, 3.8) is 0 Å². The Hall–Kier alpha value is -0.222. The molecule has 2 radical (unpaired) electrons. The van der Waals surface area contributed by atoms with Crippen molar-refractivity contribution in [1.29, 1.82) is 0 Å². The van der Waals surface area contributed by atoms with Gasteiger partial charge in [-0.1, -0.05) is 0 Å². The Labute approximate surface area is 64.8 Å². The number of rotatable bonds is 1. The predicted molar refractivity (Wildman–Crippen MR) is 41.2 cm³/mol. The summed E-state index contributed by atoms with van der Waals surface area (Å²) in [4.78, 5) is 0. The van der Waals surface area contributed by atoms with E-state index in [1.807, 2.05) is 0 Å². The second kappa shape index (κ2) is 3.08. The Morgan fingerprint density at radius 2 is 2.22 bits per heavy atom. The molecule has 1 aromatic carbocycles. The van der Waals surface area contributed by atoms with Gasteiger partial charge >= 0.3 is 64.4 Å². The van der Waals surface area contributed by atoms with E-state index in [9.17, 15) is 0 Å². The molecule has 1 rings (SSSR count). The number of hydrogen-bond acceptors (Lipinski definition) is 0. The Morgan fingerprint density at radius 1 is 1.44 bits per heavy atom. The van der Waals surface area contributed by atoms with E-state index in [-0.39, 0.29) is 0 Å². The monoisotopic (exact) mass is 180 g/mol. The van der Waals surface area contributed by atoms with Gasteiger partial charge in [-0.15, -0.1) is 0 Å². The second-order valence-corrected chi connectivity index (χ2v) is 3.11. The van der Waals surface area contributed by atoms with Crippen molar-refractivity contribution in [2.24, 2.45) is 0 Å². The zero-order valence-corrected chi connectivity index (χ0v) is 7.34. The van der Waals surface area contributed by atoms with Crippen LogP contribution in [0.25, 0.3) is 0 Å². The number of benzene rings is 1. The van der Waals surface area contributed by atoms with E-state index in [2.05, 4.69) is 48.0 Å². The van der Waals surface area contributed by atoms with Gasteiger partial charge in [0.25, 0.3) is 0 Å². The average molecular weight is 180 g/mol. The van der Waals surface area contributed by atoms with Crippen LogP contribution < -0.4 is 4.35 Å². The van der Waals surface area contributed by atoms with E-state index in [1.54, 1.807) is 0 Å². The van der Waals surface area contributed by atoms with Crippen molar-refractivity contribution < 1.29 is 0 Å². The van der Waals surface area contributed by atoms with Gasteiger partial charge in [0.05, 0.1) is 0 Å². The molecule has 46 valence electrons. The standard InChI is InChI=1S/C8H9As/c1-2-7-4-3-5-8(9)6-7/h3-6H,2H2,1H3. The topological polar surface area (TPSA) is 0 Å². The molecule has 0 heterocycles. The third kappa shape index (κ3) is 1.87. The first kappa shape index (κ1) is 6.89. The first-order valence-electron chi connectivity index (χ1n) is 3.11. The van der Waals surface area contributed by atoms with E-state index >= 15 is 0 Å². The molecule has 0 aliphatic carbocycles. The summed E-state index contributed by atoms with van der Waals surface area (Å²) >= 11 is 2.55. The second-order valence-electron chi connectivity index (χ2n) is 2.02. The fourth-order valence-corrected chi connectivity index (χ4v) is 1.30. The minimum absolute atomic E-state index is 1.13. The van der Waals surface area contributed by atoms with Crippen LogP contribution in [-0.4, -0.2) is 16.9 Å². The molecule has 1 aromatic rings. The Morgan fingerprint density at radius 3 is 2.67 bits per heavy atom. The Bertz CT molecular complexity index is 194. The molecule has 0 saturated heterocycles. The zero-order valence-electron chi connectivity index (χ0n) is 5.46. The normalized spacial score (nSPS) is 9.56. The molecule has 0 aromatic heterocycles. The quantitative estimate of drug-likeness (QED) is 0.566. The molecule has 0 aliphatic rings. The summed E-state index contributed by atoms with van der Waals surface area (Å²) in [5, 5.41) is 0. The molecular weight excluding hydrogens is 171 g/mol. The maximum absolute atomic E-state index is 2.55. The SMILES string of the molecule is CCc1cccc([As])c1. The van der Waals surface area contributed by atoms with Crippen LogP contribution in [0.5, 0.6) is 0 Å².